The molecule has 0 radical (unpaired) electrons. The maximum atomic E-state index is 12.0. The molecule has 1 fully saturated rings. The van der Waals surface area contributed by atoms with Crippen LogP contribution < -0.4 is 5.32 Å². The Hall–Kier alpha value is -3.22. The molecule has 0 atom stereocenters. The van der Waals surface area contributed by atoms with Crippen molar-refractivity contribution >= 4 is 23.4 Å². The molecule has 3 aromatic rings. The summed E-state index contributed by atoms with van der Waals surface area (Å²) in [6.07, 6.45) is 1.87. The molecule has 2 amide bonds. The van der Waals surface area contributed by atoms with E-state index in [1.54, 1.807) is 35.6 Å². The van der Waals surface area contributed by atoms with E-state index in [9.17, 15) is 9.59 Å². The number of hydrogen-bond acceptors (Lipinski definition) is 4. The van der Waals surface area contributed by atoms with Crippen LogP contribution >= 0.6 is 0 Å². The van der Waals surface area contributed by atoms with Crippen LogP contribution in [0.1, 0.15) is 23.2 Å². The van der Waals surface area contributed by atoms with Crippen LogP contribution in [-0.2, 0) is 4.79 Å². The molecule has 2 aromatic heterocycles. The van der Waals surface area contributed by atoms with Crippen molar-refractivity contribution in [3.8, 4) is 11.3 Å². The molecule has 1 aliphatic carbocycles. The Balaban J connectivity index is 1.66. The fourth-order valence-corrected chi connectivity index (χ4v) is 2.78. The predicted octanol–water partition coefficient (Wildman–Crippen LogP) is 2.45. The van der Waals surface area contributed by atoms with Crippen molar-refractivity contribution in [2.24, 2.45) is 5.92 Å². The normalized spacial score (nSPS) is 13.6. The van der Waals surface area contributed by atoms with Crippen LogP contribution in [0.4, 0.5) is 5.95 Å². The Morgan fingerprint density at radius 2 is 1.85 bits per heavy atom. The minimum atomic E-state index is -0.0411. The molecular formula is C19H19N5O2. The second-order valence-corrected chi connectivity index (χ2v) is 6.66. The van der Waals surface area contributed by atoms with Gasteiger partial charge in [0, 0.05) is 31.1 Å². The van der Waals surface area contributed by atoms with Crippen LogP contribution in [-0.4, -0.2) is 45.4 Å². The van der Waals surface area contributed by atoms with Gasteiger partial charge in [0.2, 0.25) is 11.9 Å². The van der Waals surface area contributed by atoms with E-state index >= 15 is 0 Å². The van der Waals surface area contributed by atoms with Crippen molar-refractivity contribution in [3.05, 3.63) is 48.0 Å². The van der Waals surface area contributed by atoms with Crippen LogP contribution in [0.2, 0.25) is 0 Å². The molecule has 0 bridgehead atoms. The molecule has 132 valence electrons. The minimum Gasteiger partial charge on any atom is -0.345 e. The summed E-state index contributed by atoms with van der Waals surface area (Å²) in [5.41, 5.74) is 3.03. The van der Waals surface area contributed by atoms with E-state index in [1.807, 2.05) is 30.3 Å². The average molecular weight is 349 g/mol. The lowest BCUT2D eigenvalue weighted by atomic mass is 10.1. The quantitative estimate of drug-likeness (QED) is 0.785. The second kappa shape index (κ2) is 6.25. The second-order valence-electron chi connectivity index (χ2n) is 6.66. The molecule has 1 aromatic carbocycles. The smallest absolute Gasteiger partial charge is 0.253 e. The van der Waals surface area contributed by atoms with Crippen molar-refractivity contribution in [2.45, 2.75) is 12.8 Å². The summed E-state index contributed by atoms with van der Waals surface area (Å²) in [5.74, 6) is 0.353. The first kappa shape index (κ1) is 16.3. The van der Waals surface area contributed by atoms with Gasteiger partial charge in [0.1, 0.15) is 0 Å². The fraction of sp³-hybridized carbons (Fsp3) is 0.263. The van der Waals surface area contributed by atoms with Crippen molar-refractivity contribution in [1.82, 2.24) is 19.5 Å². The van der Waals surface area contributed by atoms with E-state index in [0.717, 1.165) is 24.1 Å². The lowest BCUT2D eigenvalue weighted by molar-refractivity contribution is -0.117. The Bertz CT molecular complexity index is 987. The van der Waals surface area contributed by atoms with Gasteiger partial charge in [0.05, 0.1) is 5.69 Å². The van der Waals surface area contributed by atoms with Gasteiger partial charge >= 0.3 is 0 Å². The van der Waals surface area contributed by atoms with Gasteiger partial charge in [-0.3, -0.25) is 14.9 Å². The Labute approximate surface area is 150 Å². The van der Waals surface area contributed by atoms with Crippen LogP contribution in [0.25, 0.3) is 16.9 Å². The molecule has 7 nitrogen and oxygen atoms in total. The van der Waals surface area contributed by atoms with Gasteiger partial charge in [-0.2, -0.15) is 4.98 Å². The zero-order valence-corrected chi connectivity index (χ0v) is 14.6. The monoisotopic (exact) mass is 349 g/mol. The van der Waals surface area contributed by atoms with Crippen molar-refractivity contribution in [1.29, 1.82) is 0 Å². The molecule has 4 rings (SSSR count). The van der Waals surface area contributed by atoms with Gasteiger partial charge in [-0.05, 0) is 37.1 Å². The number of benzene rings is 1. The first-order chi connectivity index (χ1) is 12.5. The van der Waals surface area contributed by atoms with E-state index in [1.165, 1.54) is 0 Å². The molecule has 1 N–H and O–H groups in total. The Morgan fingerprint density at radius 3 is 2.50 bits per heavy atom. The highest BCUT2D eigenvalue weighted by Crippen LogP contribution is 2.30. The summed E-state index contributed by atoms with van der Waals surface area (Å²) in [6, 6.07) is 13.0. The number of aromatic nitrogens is 3. The highest BCUT2D eigenvalue weighted by atomic mass is 16.2. The topological polar surface area (TPSA) is 79.6 Å². The first-order valence-electron chi connectivity index (χ1n) is 8.51. The number of nitrogens with one attached hydrogen (secondary N) is 1. The van der Waals surface area contributed by atoms with E-state index in [4.69, 9.17) is 0 Å². The molecule has 1 saturated carbocycles. The third-order valence-corrected chi connectivity index (χ3v) is 4.38. The lowest BCUT2D eigenvalue weighted by Gasteiger charge is -2.10. The van der Waals surface area contributed by atoms with Gasteiger partial charge in [0.15, 0.2) is 5.65 Å². The number of pyridine rings is 1. The number of rotatable bonds is 4. The molecule has 1 aliphatic rings. The van der Waals surface area contributed by atoms with E-state index in [0.29, 0.717) is 17.2 Å². The first-order valence-corrected chi connectivity index (χ1v) is 8.51. The summed E-state index contributed by atoms with van der Waals surface area (Å²) in [7, 11) is 3.45. The number of carbonyl (C=O) groups excluding carboxylic acids is 2. The minimum absolute atomic E-state index is 0.0194. The van der Waals surface area contributed by atoms with Crippen LogP contribution in [0.15, 0.2) is 42.5 Å². The van der Waals surface area contributed by atoms with Gasteiger partial charge in [-0.25, -0.2) is 4.52 Å². The van der Waals surface area contributed by atoms with Gasteiger partial charge < -0.3 is 4.90 Å². The molecule has 0 unspecified atom stereocenters. The third-order valence-electron chi connectivity index (χ3n) is 4.38. The molecule has 0 saturated heterocycles. The Morgan fingerprint density at radius 1 is 1.12 bits per heavy atom. The fourth-order valence-electron chi connectivity index (χ4n) is 2.78. The third kappa shape index (κ3) is 3.03. The molecular weight excluding hydrogens is 330 g/mol. The van der Waals surface area contributed by atoms with Gasteiger partial charge in [-0.1, -0.05) is 18.2 Å². The summed E-state index contributed by atoms with van der Waals surface area (Å²) >= 11 is 0. The van der Waals surface area contributed by atoms with Crippen LogP contribution in [0.3, 0.4) is 0 Å². The molecule has 2 heterocycles. The standard InChI is InChI=1S/C19H19N5O2/c1-23(2)18(26)14-10-6-12(7-11-14)15-4-3-5-16-20-19(22-24(15)16)21-17(25)13-8-9-13/h3-7,10-11,13H,8-9H2,1-2H3,(H,21,22,25). The van der Waals surface area contributed by atoms with E-state index in [2.05, 4.69) is 15.4 Å². The molecule has 0 aliphatic heterocycles. The van der Waals surface area contributed by atoms with Gasteiger partial charge in [0.25, 0.3) is 5.91 Å². The number of amides is 2. The summed E-state index contributed by atoms with van der Waals surface area (Å²) in [4.78, 5) is 29.9. The summed E-state index contributed by atoms with van der Waals surface area (Å²) < 4.78 is 1.70. The lowest BCUT2D eigenvalue weighted by Crippen LogP contribution is -2.21. The molecule has 26 heavy (non-hydrogen) atoms. The highest BCUT2D eigenvalue weighted by Gasteiger charge is 2.30. The molecule has 7 heteroatoms. The number of fused-ring (bicyclic) bond motifs is 1. The van der Waals surface area contributed by atoms with E-state index in [-0.39, 0.29) is 17.7 Å². The number of carbonyl (C=O) groups is 2. The zero-order chi connectivity index (χ0) is 18.3. The summed E-state index contributed by atoms with van der Waals surface area (Å²) in [6.45, 7) is 0. The number of nitrogens with zero attached hydrogens (tertiary/aromatic N) is 4. The summed E-state index contributed by atoms with van der Waals surface area (Å²) in [5, 5.41) is 7.20. The number of anilines is 1. The maximum absolute atomic E-state index is 12.0. The van der Waals surface area contributed by atoms with Crippen molar-refractivity contribution in [2.75, 3.05) is 19.4 Å². The van der Waals surface area contributed by atoms with Gasteiger partial charge in [-0.15, -0.1) is 5.10 Å². The highest BCUT2D eigenvalue weighted by molar-refractivity contribution is 5.94. The van der Waals surface area contributed by atoms with Crippen LogP contribution in [0.5, 0.6) is 0 Å². The van der Waals surface area contributed by atoms with E-state index < -0.39 is 0 Å². The van der Waals surface area contributed by atoms with Crippen LogP contribution in [0, 0.1) is 5.92 Å². The zero-order valence-electron chi connectivity index (χ0n) is 14.6. The maximum Gasteiger partial charge on any atom is 0.253 e. The molecule has 0 spiro atoms. The Kier molecular flexibility index (Phi) is 3.91. The SMILES string of the molecule is CN(C)C(=O)c1ccc(-c2cccc3nc(NC(=O)C4CC4)nn23)cc1. The number of hydrogen-bond donors (Lipinski definition) is 1. The largest absolute Gasteiger partial charge is 0.345 e. The van der Waals surface area contributed by atoms with Crippen molar-refractivity contribution < 1.29 is 9.59 Å². The average Bonchev–Trinajstić information content (AvgIpc) is 3.41. The van der Waals surface area contributed by atoms with Crippen molar-refractivity contribution in [3.63, 3.8) is 0 Å². The predicted molar refractivity (Wildman–Crippen MR) is 97.8 cm³/mol.